The lowest BCUT2D eigenvalue weighted by Gasteiger charge is -2.07. The average Bonchev–Trinajstić information content (AvgIpc) is 2.80. The Morgan fingerprint density at radius 3 is 2.94 bits per heavy atom. The minimum Gasteiger partial charge on any atom is -0.484 e. The summed E-state index contributed by atoms with van der Waals surface area (Å²) in [6.45, 7) is 0.196. The third-order valence-corrected chi connectivity index (χ3v) is 2.69. The molecule has 1 aromatic carbocycles. The highest BCUT2D eigenvalue weighted by Gasteiger charge is 2.08. The predicted octanol–water partition coefficient (Wildman–Crippen LogP) is 2.71. The largest absolute Gasteiger partial charge is 0.484 e. The van der Waals surface area contributed by atoms with Crippen molar-refractivity contribution in [3.05, 3.63) is 46.3 Å². The van der Waals surface area contributed by atoms with Gasteiger partial charge in [0.2, 0.25) is 0 Å². The van der Waals surface area contributed by atoms with Crippen LogP contribution < -0.4 is 4.74 Å². The fourth-order valence-corrected chi connectivity index (χ4v) is 1.57. The van der Waals surface area contributed by atoms with E-state index >= 15 is 0 Å². The standard InChI is InChI=1S/C11H8BrNO4/c12-9-2-1-7(11(14)15)5-10(9)16-6-8-3-4-13-17-8/h1-5H,6H2,(H,14,15). The van der Waals surface area contributed by atoms with E-state index in [-0.39, 0.29) is 12.2 Å². The summed E-state index contributed by atoms with van der Waals surface area (Å²) in [6, 6.07) is 6.24. The monoisotopic (exact) mass is 297 g/mol. The molecule has 2 aromatic rings. The number of hydrogen-bond donors (Lipinski definition) is 1. The zero-order valence-corrected chi connectivity index (χ0v) is 10.2. The summed E-state index contributed by atoms with van der Waals surface area (Å²) in [6.07, 6.45) is 1.52. The number of hydrogen-bond acceptors (Lipinski definition) is 4. The van der Waals surface area contributed by atoms with Gasteiger partial charge >= 0.3 is 5.97 Å². The Morgan fingerprint density at radius 1 is 1.47 bits per heavy atom. The third kappa shape index (κ3) is 2.85. The Hall–Kier alpha value is -1.82. The molecule has 0 atom stereocenters. The van der Waals surface area contributed by atoms with Gasteiger partial charge in [0.25, 0.3) is 0 Å². The van der Waals surface area contributed by atoms with Gasteiger partial charge in [0, 0.05) is 6.07 Å². The van der Waals surface area contributed by atoms with E-state index in [1.807, 2.05) is 0 Å². The highest BCUT2D eigenvalue weighted by molar-refractivity contribution is 9.10. The van der Waals surface area contributed by atoms with Gasteiger partial charge in [-0.25, -0.2) is 4.79 Å². The molecule has 1 aromatic heterocycles. The zero-order chi connectivity index (χ0) is 12.3. The fourth-order valence-electron chi connectivity index (χ4n) is 1.21. The van der Waals surface area contributed by atoms with Crippen LogP contribution in [-0.2, 0) is 6.61 Å². The second-order valence-electron chi connectivity index (χ2n) is 3.22. The first-order valence-corrected chi connectivity index (χ1v) is 5.51. The van der Waals surface area contributed by atoms with E-state index in [0.717, 1.165) is 0 Å². The van der Waals surface area contributed by atoms with Gasteiger partial charge in [0.1, 0.15) is 12.4 Å². The minimum atomic E-state index is -0.998. The molecular weight excluding hydrogens is 290 g/mol. The van der Waals surface area contributed by atoms with Gasteiger partial charge < -0.3 is 14.4 Å². The molecule has 0 amide bonds. The van der Waals surface area contributed by atoms with Gasteiger partial charge in [0.05, 0.1) is 16.2 Å². The van der Waals surface area contributed by atoms with Crippen LogP contribution in [0.3, 0.4) is 0 Å². The number of carboxylic acid groups (broad SMARTS) is 1. The van der Waals surface area contributed by atoms with Crippen LogP contribution in [0.15, 0.2) is 39.5 Å². The normalized spacial score (nSPS) is 10.2. The van der Waals surface area contributed by atoms with Gasteiger partial charge in [-0.2, -0.15) is 0 Å². The Kier molecular flexibility index (Phi) is 3.43. The molecule has 0 aliphatic heterocycles. The molecule has 0 fully saturated rings. The molecule has 17 heavy (non-hydrogen) atoms. The first kappa shape index (κ1) is 11.7. The van der Waals surface area contributed by atoms with Crippen LogP contribution in [0.5, 0.6) is 5.75 Å². The van der Waals surface area contributed by atoms with Crippen LogP contribution in [-0.4, -0.2) is 16.2 Å². The van der Waals surface area contributed by atoms with Crippen LogP contribution in [0.1, 0.15) is 16.1 Å². The molecule has 0 spiro atoms. The Morgan fingerprint density at radius 2 is 2.29 bits per heavy atom. The molecule has 2 rings (SSSR count). The molecule has 88 valence electrons. The maximum absolute atomic E-state index is 10.8. The van der Waals surface area contributed by atoms with Crippen molar-refractivity contribution >= 4 is 21.9 Å². The molecule has 0 aliphatic carbocycles. The van der Waals surface area contributed by atoms with Gasteiger partial charge in [-0.3, -0.25) is 0 Å². The molecule has 6 heteroatoms. The van der Waals surface area contributed by atoms with E-state index in [1.54, 1.807) is 12.1 Å². The second-order valence-corrected chi connectivity index (χ2v) is 4.07. The molecule has 0 saturated carbocycles. The summed E-state index contributed by atoms with van der Waals surface area (Å²) in [5.41, 5.74) is 0.167. The first-order chi connectivity index (χ1) is 8.16. The highest BCUT2D eigenvalue weighted by atomic mass is 79.9. The molecule has 5 nitrogen and oxygen atoms in total. The number of rotatable bonds is 4. The van der Waals surface area contributed by atoms with E-state index in [2.05, 4.69) is 21.1 Å². The molecule has 0 radical (unpaired) electrons. The number of benzene rings is 1. The van der Waals surface area contributed by atoms with Crippen molar-refractivity contribution < 1.29 is 19.2 Å². The number of carbonyl (C=O) groups is 1. The van der Waals surface area contributed by atoms with Crippen molar-refractivity contribution in [1.29, 1.82) is 0 Å². The number of carboxylic acids is 1. The van der Waals surface area contributed by atoms with E-state index in [4.69, 9.17) is 14.4 Å². The van der Waals surface area contributed by atoms with Gasteiger partial charge in [-0.15, -0.1) is 0 Å². The number of halogens is 1. The molecule has 0 aliphatic rings. The number of aromatic carboxylic acids is 1. The lowest BCUT2D eigenvalue weighted by Crippen LogP contribution is -1.99. The summed E-state index contributed by atoms with van der Waals surface area (Å²) < 4.78 is 11.0. The third-order valence-electron chi connectivity index (χ3n) is 2.04. The van der Waals surface area contributed by atoms with Crippen LogP contribution in [0, 0.1) is 0 Å². The maximum atomic E-state index is 10.8. The van der Waals surface area contributed by atoms with E-state index in [9.17, 15) is 4.79 Å². The Balaban J connectivity index is 2.14. The summed E-state index contributed by atoms with van der Waals surface area (Å²) in [4.78, 5) is 10.8. The maximum Gasteiger partial charge on any atom is 0.335 e. The molecular formula is C11H8BrNO4. The Labute approximate surface area is 105 Å². The zero-order valence-electron chi connectivity index (χ0n) is 8.59. The molecule has 1 N–H and O–H groups in total. The van der Waals surface area contributed by atoms with Crippen LogP contribution in [0.25, 0.3) is 0 Å². The predicted molar refractivity (Wildman–Crippen MR) is 61.9 cm³/mol. The molecule has 0 saturated heterocycles. The van der Waals surface area contributed by atoms with Crippen molar-refractivity contribution in [1.82, 2.24) is 5.16 Å². The van der Waals surface area contributed by atoms with Crippen molar-refractivity contribution in [2.24, 2.45) is 0 Å². The molecule has 0 unspecified atom stereocenters. The molecule has 0 bridgehead atoms. The van der Waals surface area contributed by atoms with Gasteiger partial charge in [-0.1, -0.05) is 5.16 Å². The Bertz CT molecular complexity index is 524. The lowest BCUT2D eigenvalue weighted by atomic mass is 10.2. The first-order valence-electron chi connectivity index (χ1n) is 4.72. The summed E-state index contributed by atoms with van der Waals surface area (Å²) >= 11 is 3.28. The molecule has 1 heterocycles. The van der Waals surface area contributed by atoms with Crippen molar-refractivity contribution in [3.63, 3.8) is 0 Å². The van der Waals surface area contributed by atoms with Crippen LogP contribution >= 0.6 is 15.9 Å². The van der Waals surface area contributed by atoms with E-state index < -0.39 is 5.97 Å². The number of ether oxygens (including phenoxy) is 1. The van der Waals surface area contributed by atoms with Crippen molar-refractivity contribution in [2.45, 2.75) is 6.61 Å². The lowest BCUT2D eigenvalue weighted by molar-refractivity contribution is 0.0696. The highest BCUT2D eigenvalue weighted by Crippen LogP contribution is 2.26. The topological polar surface area (TPSA) is 72.6 Å². The van der Waals surface area contributed by atoms with Gasteiger partial charge in [0.15, 0.2) is 5.76 Å². The van der Waals surface area contributed by atoms with Crippen LogP contribution in [0.2, 0.25) is 0 Å². The summed E-state index contributed by atoms with van der Waals surface area (Å²) in [7, 11) is 0. The number of aromatic nitrogens is 1. The van der Waals surface area contributed by atoms with E-state index in [0.29, 0.717) is 16.0 Å². The average molecular weight is 298 g/mol. The minimum absolute atomic E-state index is 0.167. The number of nitrogens with zero attached hydrogens (tertiary/aromatic N) is 1. The summed E-state index contributed by atoms with van der Waals surface area (Å²) in [5.74, 6) is 0.0148. The van der Waals surface area contributed by atoms with Gasteiger partial charge in [-0.05, 0) is 34.1 Å². The van der Waals surface area contributed by atoms with Crippen LogP contribution in [0.4, 0.5) is 0 Å². The van der Waals surface area contributed by atoms with Crippen molar-refractivity contribution in [3.8, 4) is 5.75 Å². The fraction of sp³-hybridized carbons (Fsp3) is 0.0909. The smallest absolute Gasteiger partial charge is 0.335 e. The summed E-state index contributed by atoms with van der Waals surface area (Å²) in [5, 5.41) is 12.4. The SMILES string of the molecule is O=C(O)c1ccc(Br)c(OCc2ccno2)c1. The second kappa shape index (κ2) is 5.01. The van der Waals surface area contributed by atoms with E-state index in [1.165, 1.54) is 18.3 Å². The van der Waals surface area contributed by atoms with Crippen molar-refractivity contribution in [2.75, 3.05) is 0 Å². The quantitative estimate of drug-likeness (QED) is 0.939.